The van der Waals surface area contributed by atoms with Gasteiger partial charge in [-0.25, -0.2) is 0 Å². The monoisotopic (exact) mass is 434 g/mol. The van der Waals surface area contributed by atoms with E-state index in [1.807, 2.05) is 18.2 Å². The van der Waals surface area contributed by atoms with Crippen molar-refractivity contribution in [2.24, 2.45) is 5.92 Å². The molecule has 0 N–H and O–H groups in total. The zero-order valence-electron chi connectivity index (χ0n) is 7.47. The number of methoxy groups -OCH3 is 1. The SMILES string of the molecule is COC(=O)C1C=CC=C(I)C1(Br)CBr. The zero-order valence-corrected chi connectivity index (χ0v) is 12.8. The Morgan fingerprint density at radius 3 is 2.93 bits per heavy atom. The highest BCUT2D eigenvalue weighted by atomic mass is 127. The molecule has 2 nitrogen and oxygen atoms in total. The van der Waals surface area contributed by atoms with Gasteiger partial charge in [-0.3, -0.25) is 4.79 Å². The topological polar surface area (TPSA) is 26.3 Å². The van der Waals surface area contributed by atoms with Crippen molar-refractivity contribution in [3.8, 4) is 0 Å². The number of allylic oxidation sites excluding steroid dienone is 3. The Morgan fingerprint density at radius 2 is 2.43 bits per heavy atom. The number of esters is 1. The van der Waals surface area contributed by atoms with Crippen LogP contribution in [-0.4, -0.2) is 22.7 Å². The summed E-state index contributed by atoms with van der Waals surface area (Å²) in [5, 5.41) is 0.666. The number of carbonyl (C=O) groups excluding carboxylic acids is 1. The Labute approximate surface area is 114 Å². The van der Waals surface area contributed by atoms with E-state index in [0.29, 0.717) is 5.33 Å². The zero-order chi connectivity index (χ0) is 10.8. The van der Waals surface area contributed by atoms with E-state index in [1.165, 1.54) is 7.11 Å². The molecule has 0 fully saturated rings. The predicted molar refractivity (Wildman–Crippen MR) is 72.2 cm³/mol. The Kier molecular flexibility index (Phi) is 4.64. The second-order valence-electron chi connectivity index (χ2n) is 2.90. The molecule has 2 atom stereocenters. The van der Waals surface area contributed by atoms with Crippen LogP contribution in [0.15, 0.2) is 21.8 Å². The van der Waals surface area contributed by atoms with Gasteiger partial charge in [0.2, 0.25) is 0 Å². The Bertz CT molecular complexity index is 301. The molecule has 0 radical (unpaired) electrons. The van der Waals surface area contributed by atoms with Gasteiger partial charge in [0.15, 0.2) is 0 Å². The first kappa shape index (κ1) is 12.7. The molecule has 0 aromatic heterocycles. The highest BCUT2D eigenvalue weighted by molar-refractivity contribution is 14.1. The molecule has 0 saturated carbocycles. The fourth-order valence-corrected chi connectivity index (χ4v) is 3.61. The third-order valence-electron chi connectivity index (χ3n) is 2.09. The minimum absolute atomic E-state index is 0.222. The van der Waals surface area contributed by atoms with Crippen LogP contribution in [-0.2, 0) is 9.53 Å². The molecular formula is C9H9Br2IO2. The molecule has 1 aliphatic rings. The number of alkyl halides is 2. The third-order valence-corrected chi connectivity index (χ3v) is 6.99. The summed E-state index contributed by atoms with van der Waals surface area (Å²) in [5.41, 5.74) is 0. The lowest BCUT2D eigenvalue weighted by atomic mass is 9.90. The molecule has 0 heterocycles. The van der Waals surface area contributed by atoms with Crippen LogP contribution in [0.4, 0.5) is 0 Å². The van der Waals surface area contributed by atoms with Crippen LogP contribution < -0.4 is 0 Å². The quantitative estimate of drug-likeness (QED) is 0.378. The second-order valence-corrected chi connectivity index (χ2v) is 6.03. The van der Waals surface area contributed by atoms with E-state index < -0.39 is 0 Å². The van der Waals surface area contributed by atoms with Gasteiger partial charge in [-0.1, -0.05) is 50.1 Å². The van der Waals surface area contributed by atoms with Crippen molar-refractivity contribution in [3.63, 3.8) is 0 Å². The van der Waals surface area contributed by atoms with Crippen LogP contribution in [0.25, 0.3) is 0 Å². The first-order valence-electron chi connectivity index (χ1n) is 3.93. The van der Waals surface area contributed by atoms with Crippen molar-refractivity contribution < 1.29 is 9.53 Å². The van der Waals surface area contributed by atoms with Gasteiger partial charge in [0, 0.05) is 8.91 Å². The van der Waals surface area contributed by atoms with Gasteiger partial charge in [0.05, 0.1) is 17.4 Å². The van der Waals surface area contributed by atoms with Crippen LogP contribution in [0.3, 0.4) is 0 Å². The summed E-state index contributed by atoms with van der Waals surface area (Å²) < 4.78 is 5.49. The summed E-state index contributed by atoms with van der Waals surface area (Å²) in [6.45, 7) is 0. The van der Waals surface area contributed by atoms with Gasteiger partial charge in [-0.2, -0.15) is 0 Å². The standard InChI is InChI=1S/C9H9Br2IO2/c1-14-8(13)6-3-2-4-7(12)9(6,11)5-10/h2-4,6H,5H2,1H3. The van der Waals surface area contributed by atoms with Crippen molar-refractivity contribution >= 4 is 60.4 Å². The maximum absolute atomic E-state index is 11.5. The van der Waals surface area contributed by atoms with Gasteiger partial charge in [0.1, 0.15) is 0 Å². The molecule has 0 aromatic carbocycles. The van der Waals surface area contributed by atoms with Crippen molar-refractivity contribution in [2.75, 3.05) is 12.4 Å². The average Bonchev–Trinajstić information content (AvgIpc) is 2.21. The fraction of sp³-hybridized carbons (Fsp3) is 0.444. The van der Waals surface area contributed by atoms with Gasteiger partial charge >= 0.3 is 5.97 Å². The van der Waals surface area contributed by atoms with Gasteiger partial charge in [-0.05, 0) is 22.6 Å². The summed E-state index contributed by atoms with van der Waals surface area (Å²) in [5.74, 6) is -0.497. The molecule has 1 aliphatic carbocycles. The van der Waals surface area contributed by atoms with Crippen molar-refractivity contribution in [2.45, 2.75) is 4.32 Å². The van der Waals surface area contributed by atoms with Gasteiger partial charge < -0.3 is 4.74 Å². The summed E-state index contributed by atoms with van der Waals surface area (Å²) in [6, 6.07) is 0. The molecule has 5 heteroatoms. The minimum Gasteiger partial charge on any atom is -0.469 e. The van der Waals surface area contributed by atoms with E-state index in [-0.39, 0.29) is 16.2 Å². The summed E-state index contributed by atoms with van der Waals surface area (Å²) in [6.07, 6.45) is 5.71. The molecule has 14 heavy (non-hydrogen) atoms. The highest BCUT2D eigenvalue weighted by Gasteiger charge is 2.42. The average molecular weight is 436 g/mol. The molecule has 1 rings (SSSR count). The number of halogens is 3. The maximum atomic E-state index is 11.5. The van der Waals surface area contributed by atoms with E-state index >= 15 is 0 Å². The van der Waals surface area contributed by atoms with E-state index in [4.69, 9.17) is 4.74 Å². The molecule has 2 unspecified atom stereocenters. The van der Waals surface area contributed by atoms with Crippen LogP contribution in [0.5, 0.6) is 0 Å². The molecular weight excluding hydrogens is 427 g/mol. The molecule has 78 valence electrons. The number of carbonyl (C=O) groups is 1. The first-order chi connectivity index (χ1) is 6.56. The van der Waals surface area contributed by atoms with Crippen molar-refractivity contribution in [1.82, 2.24) is 0 Å². The third kappa shape index (κ3) is 2.24. The fourth-order valence-electron chi connectivity index (χ4n) is 1.23. The summed E-state index contributed by atoms with van der Waals surface area (Å²) in [4.78, 5) is 11.5. The van der Waals surface area contributed by atoms with E-state index in [2.05, 4.69) is 54.5 Å². The Morgan fingerprint density at radius 1 is 1.79 bits per heavy atom. The normalized spacial score (nSPS) is 31.1. The molecule has 0 aliphatic heterocycles. The molecule has 0 amide bonds. The molecule has 0 spiro atoms. The summed E-state index contributed by atoms with van der Waals surface area (Å²) in [7, 11) is 1.41. The largest absolute Gasteiger partial charge is 0.469 e. The van der Waals surface area contributed by atoms with E-state index in [0.717, 1.165) is 3.58 Å². The number of hydrogen-bond donors (Lipinski definition) is 0. The maximum Gasteiger partial charge on any atom is 0.314 e. The predicted octanol–water partition coefficient (Wildman–Crippen LogP) is 3.19. The lowest BCUT2D eigenvalue weighted by Crippen LogP contribution is -2.39. The van der Waals surface area contributed by atoms with E-state index in [9.17, 15) is 4.79 Å². The van der Waals surface area contributed by atoms with Crippen LogP contribution in [0.2, 0.25) is 0 Å². The minimum atomic E-state index is -0.366. The van der Waals surface area contributed by atoms with Crippen LogP contribution >= 0.6 is 54.5 Å². The lowest BCUT2D eigenvalue weighted by Gasteiger charge is -2.32. The number of ether oxygens (including phenoxy) is 1. The van der Waals surface area contributed by atoms with Crippen LogP contribution in [0.1, 0.15) is 0 Å². The second kappa shape index (κ2) is 5.12. The number of rotatable bonds is 2. The molecule has 0 aromatic rings. The van der Waals surface area contributed by atoms with Gasteiger partial charge in [-0.15, -0.1) is 0 Å². The van der Waals surface area contributed by atoms with E-state index in [1.54, 1.807) is 0 Å². The first-order valence-corrected chi connectivity index (χ1v) is 6.92. The Balaban J connectivity index is 3.02. The smallest absolute Gasteiger partial charge is 0.314 e. The van der Waals surface area contributed by atoms with Crippen molar-refractivity contribution in [3.05, 3.63) is 21.8 Å². The highest BCUT2D eigenvalue weighted by Crippen LogP contribution is 2.44. The Hall–Kier alpha value is 0.640. The van der Waals surface area contributed by atoms with Crippen LogP contribution in [0, 0.1) is 5.92 Å². The molecule has 0 saturated heterocycles. The van der Waals surface area contributed by atoms with Gasteiger partial charge in [0.25, 0.3) is 0 Å². The lowest BCUT2D eigenvalue weighted by molar-refractivity contribution is -0.144. The molecule has 0 bridgehead atoms. The summed E-state index contributed by atoms with van der Waals surface area (Å²) >= 11 is 9.23. The van der Waals surface area contributed by atoms with Crippen molar-refractivity contribution in [1.29, 1.82) is 0 Å². The number of hydrogen-bond acceptors (Lipinski definition) is 2.